The lowest BCUT2D eigenvalue weighted by atomic mass is 10.1. The van der Waals surface area contributed by atoms with E-state index >= 15 is 0 Å². The van der Waals surface area contributed by atoms with Crippen LogP contribution >= 0.6 is 11.3 Å². The summed E-state index contributed by atoms with van der Waals surface area (Å²) in [4.78, 5) is 22.8. The molecule has 3 aromatic rings. The van der Waals surface area contributed by atoms with Crippen molar-refractivity contribution in [2.45, 2.75) is 0 Å². The van der Waals surface area contributed by atoms with Crippen molar-refractivity contribution < 1.29 is 9.53 Å². The summed E-state index contributed by atoms with van der Waals surface area (Å²) in [6.45, 7) is 1.43. The number of para-hydroxylation sites is 1. The van der Waals surface area contributed by atoms with Crippen molar-refractivity contribution in [3.05, 3.63) is 59.7 Å². The third kappa shape index (κ3) is 4.65. The zero-order chi connectivity index (χ0) is 18.4. The zero-order valence-electron chi connectivity index (χ0n) is 14.7. The number of thiazole rings is 1. The molecule has 26 heavy (non-hydrogen) atoms. The Morgan fingerprint density at radius 3 is 2.85 bits per heavy atom. The third-order valence-corrected chi connectivity index (χ3v) is 4.37. The van der Waals surface area contributed by atoms with Crippen LogP contribution in [0.4, 0.5) is 5.13 Å². The summed E-state index contributed by atoms with van der Waals surface area (Å²) >= 11 is 1.38. The van der Waals surface area contributed by atoms with Crippen LogP contribution in [0.5, 0.6) is 5.75 Å². The number of hydrogen-bond acceptors (Lipinski definition) is 6. The monoisotopic (exact) mass is 368 g/mol. The van der Waals surface area contributed by atoms with Gasteiger partial charge in [-0.15, -0.1) is 11.3 Å². The molecule has 0 radical (unpaired) electrons. The van der Waals surface area contributed by atoms with E-state index in [1.807, 2.05) is 43.7 Å². The minimum Gasteiger partial charge on any atom is -0.492 e. The van der Waals surface area contributed by atoms with Crippen molar-refractivity contribution in [3.8, 4) is 17.0 Å². The average molecular weight is 368 g/mol. The third-order valence-electron chi connectivity index (χ3n) is 3.61. The van der Waals surface area contributed by atoms with Gasteiger partial charge in [-0.3, -0.25) is 15.1 Å². The molecule has 6 nitrogen and oxygen atoms in total. The molecule has 2 aromatic heterocycles. The zero-order valence-corrected chi connectivity index (χ0v) is 15.5. The van der Waals surface area contributed by atoms with Crippen LogP contribution in [0.25, 0.3) is 11.3 Å². The van der Waals surface area contributed by atoms with E-state index < -0.39 is 0 Å². The molecule has 134 valence electrons. The van der Waals surface area contributed by atoms with Gasteiger partial charge >= 0.3 is 0 Å². The Kier molecular flexibility index (Phi) is 5.93. The fourth-order valence-corrected chi connectivity index (χ4v) is 2.97. The number of aromatic nitrogens is 2. The Bertz CT molecular complexity index is 865. The molecule has 0 aliphatic heterocycles. The fraction of sp³-hybridized carbons (Fsp3) is 0.211. The number of likely N-dealkylation sites (N-methyl/N-ethyl adjacent to an activating group) is 1. The van der Waals surface area contributed by atoms with E-state index in [-0.39, 0.29) is 5.91 Å². The molecule has 0 spiro atoms. The van der Waals surface area contributed by atoms with Crippen LogP contribution in [0, 0.1) is 0 Å². The Labute approximate surface area is 156 Å². The molecule has 1 amide bonds. The fourth-order valence-electron chi connectivity index (χ4n) is 2.26. The number of carbonyl (C=O) groups is 1. The Morgan fingerprint density at radius 1 is 1.23 bits per heavy atom. The van der Waals surface area contributed by atoms with Crippen LogP contribution in [0.3, 0.4) is 0 Å². The summed E-state index contributed by atoms with van der Waals surface area (Å²) in [5, 5.41) is 5.26. The normalized spacial score (nSPS) is 10.7. The quantitative estimate of drug-likeness (QED) is 0.692. The predicted molar refractivity (Wildman–Crippen MR) is 104 cm³/mol. The molecule has 0 saturated carbocycles. The highest BCUT2D eigenvalue weighted by Crippen LogP contribution is 2.32. The molecule has 7 heteroatoms. The summed E-state index contributed by atoms with van der Waals surface area (Å²) in [7, 11) is 4.01. The van der Waals surface area contributed by atoms with Crippen LogP contribution in [-0.4, -0.2) is 48.0 Å². The van der Waals surface area contributed by atoms with Crippen molar-refractivity contribution in [3.63, 3.8) is 0 Å². The van der Waals surface area contributed by atoms with Gasteiger partial charge in [0.2, 0.25) is 0 Å². The van der Waals surface area contributed by atoms with Crippen LogP contribution < -0.4 is 10.1 Å². The number of carbonyl (C=O) groups excluding carboxylic acids is 1. The first kappa shape index (κ1) is 18.0. The van der Waals surface area contributed by atoms with Crippen molar-refractivity contribution in [1.82, 2.24) is 14.9 Å². The number of amides is 1. The van der Waals surface area contributed by atoms with Crippen molar-refractivity contribution in [1.29, 1.82) is 0 Å². The van der Waals surface area contributed by atoms with Gasteiger partial charge in [0.1, 0.15) is 12.4 Å². The molecule has 1 aromatic carbocycles. The number of nitrogens with one attached hydrogen (secondary N) is 1. The first-order valence-electron chi connectivity index (χ1n) is 8.17. The smallest absolute Gasteiger partial charge is 0.259 e. The predicted octanol–water partition coefficient (Wildman–Crippen LogP) is 3.40. The van der Waals surface area contributed by atoms with Gasteiger partial charge in [-0.2, -0.15) is 0 Å². The van der Waals surface area contributed by atoms with E-state index in [1.54, 1.807) is 18.3 Å². The second-order valence-electron chi connectivity index (χ2n) is 5.88. The largest absolute Gasteiger partial charge is 0.492 e. The maximum absolute atomic E-state index is 12.2. The minimum absolute atomic E-state index is 0.227. The van der Waals surface area contributed by atoms with Crippen LogP contribution in [-0.2, 0) is 0 Å². The molecule has 0 saturated heterocycles. The summed E-state index contributed by atoms with van der Waals surface area (Å²) in [6.07, 6.45) is 3.16. The lowest BCUT2D eigenvalue weighted by Gasteiger charge is -2.13. The summed E-state index contributed by atoms with van der Waals surface area (Å²) in [5.41, 5.74) is 2.18. The number of benzene rings is 1. The van der Waals surface area contributed by atoms with E-state index in [1.165, 1.54) is 17.5 Å². The number of pyridine rings is 1. The molecular weight excluding hydrogens is 348 g/mol. The highest BCUT2D eigenvalue weighted by Gasteiger charge is 2.13. The molecule has 0 fully saturated rings. The second-order valence-corrected chi connectivity index (χ2v) is 6.74. The number of nitrogens with zero attached hydrogens (tertiary/aromatic N) is 3. The molecule has 0 unspecified atom stereocenters. The summed E-state index contributed by atoms with van der Waals surface area (Å²) in [5.74, 6) is 0.555. The van der Waals surface area contributed by atoms with E-state index in [0.717, 1.165) is 23.6 Å². The first-order chi connectivity index (χ1) is 12.6. The SMILES string of the molecule is CN(C)CCOc1ccccc1-c1csc(NC(=O)c2cccnc2)n1. The maximum Gasteiger partial charge on any atom is 0.259 e. The summed E-state index contributed by atoms with van der Waals surface area (Å²) in [6, 6.07) is 11.2. The number of rotatable bonds is 7. The summed E-state index contributed by atoms with van der Waals surface area (Å²) < 4.78 is 5.89. The standard InChI is InChI=1S/C19H20N4O2S/c1-23(2)10-11-25-17-8-4-3-7-15(17)16-13-26-19(21-16)22-18(24)14-6-5-9-20-12-14/h3-9,12-13H,10-11H2,1-2H3,(H,21,22,24). The molecule has 1 N–H and O–H groups in total. The van der Waals surface area contributed by atoms with Crippen molar-refractivity contribution in [2.75, 3.05) is 32.6 Å². The van der Waals surface area contributed by atoms with Gasteiger partial charge in [0, 0.05) is 29.9 Å². The number of anilines is 1. The maximum atomic E-state index is 12.2. The van der Waals surface area contributed by atoms with Crippen molar-refractivity contribution in [2.24, 2.45) is 0 Å². The molecule has 2 heterocycles. The van der Waals surface area contributed by atoms with Gasteiger partial charge < -0.3 is 9.64 Å². The average Bonchev–Trinajstić information content (AvgIpc) is 3.11. The van der Waals surface area contributed by atoms with Gasteiger partial charge in [-0.05, 0) is 38.4 Å². The van der Waals surface area contributed by atoms with Gasteiger partial charge in [0.05, 0.1) is 11.3 Å². The van der Waals surface area contributed by atoms with E-state index in [0.29, 0.717) is 17.3 Å². The molecule has 0 aliphatic rings. The highest BCUT2D eigenvalue weighted by atomic mass is 32.1. The highest BCUT2D eigenvalue weighted by molar-refractivity contribution is 7.14. The second kappa shape index (κ2) is 8.55. The number of ether oxygens (including phenoxy) is 1. The Balaban J connectivity index is 1.72. The van der Waals surface area contributed by atoms with Crippen LogP contribution in [0.15, 0.2) is 54.2 Å². The Hall–Kier alpha value is -2.77. The van der Waals surface area contributed by atoms with Gasteiger partial charge in [0.15, 0.2) is 5.13 Å². The van der Waals surface area contributed by atoms with Crippen molar-refractivity contribution >= 4 is 22.4 Å². The lowest BCUT2D eigenvalue weighted by molar-refractivity contribution is 0.102. The number of hydrogen-bond donors (Lipinski definition) is 1. The van der Waals surface area contributed by atoms with E-state index in [4.69, 9.17) is 4.74 Å². The topological polar surface area (TPSA) is 67.3 Å². The molecule has 0 bridgehead atoms. The van der Waals surface area contributed by atoms with E-state index in [9.17, 15) is 4.79 Å². The lowest BCUT2D eigenvalue weighted by Crippen LogP contribution is -2.19. The van der Waals surface area contributed by atoms with Crippen LogP contribution in [0.2, 0.25) is 0 Å². The minimum atomic E-state index is -0.227. The van der Waals surface area contributed by atoms with Crippen LogP contribution in [0.1, 0.15) is 10.4 Å². The molecule has 0 atom stereocenters. The molecular formula is C19H20N4O2S. The molecule has 0 aliphatic carbocycles. The van der Waals surface area contributed by atoms with Gasteiger partial charge in [0.25, 0.3) is 5.91 Å². The van der Waals surface area contributed by atoms with Gasteiger partial charge in [-0.25, -0.2) is 4.98 Å². The first-order valence-corrected chi connectivity index (χ1v) is 9.05. The van der Waals surface area contributed by atoms with Gasteiger partial charge in [-0.1, -0.05) is 12.1 Å². The molecule has 3 rings (SSSR count). The van der Waals surface area contributed by atoms with E-state index in [2.05, 4.69) is 20.2 Å². The Morgan fingerprint density at radius 2 is 2.08 bits per heavy atom.